The number of esters is 1. The van der Waals surface area contributed by atoms with Crippen molar-refractivity contribution in [2.45, 2.75) is 71.8 Å². The highest BCUT2D eigenvalue weighted by atomic mass is 32.2. The number of anilines is 1. The highest BCUT2D eigenvalue weighted by Gasteiger charge is 2.20. The molecule has 2 aromatic rings. The van der Waals surface area contributed by atoms with Gasteiger partial charge in [0.15, 0.2) is 0 Å². The Morgan fingerprint density at radius 3 is 2.38 bits per heavy atom. The summed E-state index contributed by atoms with van der Waals surface area (Å²) < 4.78 is 32.5. The van der Waals surface area contributed by atoms with Crippen molar-refractivity contribution in [3.8, 4) is 11.3 Å². The van der Waals surface area contributed by atoms with Crippen LogP contribution in [0, 0.1) is 5.82 Å². The molecule has 0 saturated heterocycles. The van der Waals surface area contributed by atoms with Crippen LogP contribution in [0.4, 0.5) is 10.3 Å². The molecule has 0 bridgehead atoms. The van der Waals surface area contributed by atoms with Gasteiger partial charge < -0.3 is 4.74 Å². The van der Waals surface area contributed by atoms with Gasteiger partial charge in [-0.15, -0.1) is 0 Å². The molecule has 1 aromatic heterocycles. The average molecular weight is 490 g/mol. The van der Waals surface area contributed by atoms with Gasteiger partial charge in [0.1, 0.15) is 22.4 Å². The number of ether oxygens (including phenoxy) is 1. The summed E-state index contributed by atoms with van der Waals surface area (Å²) in [6.45, 7) is 9.68. The molecule has 0 N–H and O–H groups in total. The Hall–Kier alpha value is -2.61. The minimum absolute atomic E-state index is 0.0893. The summed E-state index contributed by atoms with van der Waals surface area (Å²) in [6.07, 6.45) is 8.37. The van der Waals surface area contributed by atoms with Gasteiger partial charge in [-0.1, -0.05) is 26.0 Å². The molecule has 0 aliphatic carbocycles. The van der Waals surface area contributed by atoms with E-state index in [0.29, 0.717) is 18.1 Å². The molecular weight excluding hydrogens is 453 g/mol. The van der Waals surface area contributed by atoms with Crippen LogP contribution < -0.4 is 4.31 Å². The highest BCUT2D eigenvalue weighted by Crippen LogP contribution is 2.31. The van der Waals surface area contributed by atoms with Crippen LogP contribution in [-0.2, 0) is 20.5 Å². The topological polar surface area (TPSA) is 72.4 Å². The molecular formula is C26H36FN3O3S. The summed E-state index contributed by atoms with van der Waals surface area (Å²) in [4.78, 5) is 21.3. The van der Waals surface area contributed by atoms with Gasteiger partial charge in [-0.25, -0.2) is 18.6 Å². The number of halogens is 1. The zero-order valence-electron chi connectivity index (χ0n) is 21.2. The minimum Gasteiger partial charge on any atom is -0.460 e. The van der Waals surface area contributed by atoms with Gasteiger partial charge in [-0.2, -0.15) is 0 Å². The maximum atomic E-state index is 13.6. The normalized spacial score (nSPS) is 12.9. The van der Waals surface area contributed by atoms with Crippen LogP contribution in [0.2, 0.25) is 0 Å². The molecule has 34 heavy (non-hydrogen) atoms. The average Bonchev–Trinajstić information content (AvgIpc) is 2.74. The van der Waals surface area contributed by atoms with Crippen molar-refractivity contribution in [2.75, 3.05) is 17.6 Å². The number of benzene rings is 1. The molecule has 1 aromatic carbocycles. The summed E-state index contributed by atoms with van der Waals surface area (Å²) in [7, 11) is 0.400. The molecule has 6 nitrogen and oxygen atoms in total. The van der Waals surface area contributed by atoms with E-state index < -0.39 is 16.6 Å². The highest BCUT2D eigenvalue weighted by molar-refractivity contribution is 7.85. The molecule has 0 amide bonds. The van der Waals surface area contributed by atoms with E-state index in [2.05, 4.69) is 0 Å². The number of allylic oxidation sites excluding steroid dienone is 1. The van der Waals surface area contributed by atoms with E-state index >= 15 is 0 Å². The second-order valence-electron chi connectivity index (χ2n) is 9.49. The fraction of sp³-hybridized carbons (Fsp3) is 0.500. The molecule has 186 valence electrons. The first-order valence-electron chi connectivity index (χ1n) is 11.5. The van der Waals surface area contributed by atoms with E-state index in [-0.39, 0.29) is 17.7 Å². The second-order valence-corrected chi connectivity index (χ2v) is 10.9. The minimum atomic E-state index is -1.28. The molecule has 0 aliphatic rings. The standard InChI is InChI=1S/C26H36FN3O3S/c1-18(2)23-21(12-10-8-9-11-13-22(31)33-26(3,4)5)24(19-14-16-20(27)17-15-19)29-25(28-23)30(6)34(7)32/h10,12,14-18H,8-9,11,13H2,1-7H3/b12-10+. The first kappa shape index (κ1) is 27.6. The van der Waals surface area contributed by atoms with E-state index in [1.165, 1.54) is 16.4 Å². The lowest BCUT2D eigenvalue weighted by atomic mass is 9.97. The molecule has 8 heteroatoms. The van der Waals surface area contributed by atoms with Crippen molar-refractivity contribution in [3.05, 3.63) is 47.4 Å². The zero-order chi connectivity index (χ0) is 25.5. The van der Waals surface area contributed by atoms with Crippen molar-refractivity contribution < 1.29 is 18.1 Å². The monoisotopic (exact) mass is 489 g/mol. The van der Waals surface area contributed by atoms with Gasteiger partial charge >= 0.3 is 5.97 Å². The largest absolute Gasteiger partial charge is 0.460 e. The lowest BCUT2D eigenvalue weighted by Crippen LogP contribution is -2.23. The Morgan fingerprint density at radius 2 is 1.82 bits per heavy atom. The molecule has 1 atom stereocenters. The van der Waals surface area contributed by atoms with Crippen molar-refractivity contribution in [1.82, 2.24) is 9.97 Å². The van der Waals surface area contributed by atoms with Gasteiger partial charge in [-0.3, -0.25) is 9.10 Å². The van der Waals surface area contributed by atoms with E-state index in [1.807, 2.05) is 46.8 Å². The summed E-state index contributed by atoms with van der Waals surface area (Å²) in [5.41, 5.74) is 2.63. The Morgan fingerprint density at radius 1 is 1.18 bits per heavy atom. The van der Waals surface area contributed by atoms with Crippen molar-refractivity contribution in [1.29, 1.82) is 0 Å². The molecule has 2 rings (SSSR count). The lowest BCUT2D eigenvalue weighted by Gasteiger charge is -2.20. The predicted octanol–water partition coefficient (Wildman–Crippen LogP) is 6.05. The maximum Gasteiger partial charge on any atom is 0.306 e. The number of carbonyl (C=O) groups excluding carboxylic acids is 1. The van der Waals surface area contributed by atoms with Crippen LogP contribution in [-0.4, -0.2) is 39.1 Å². The fourth-order valence-electron chi connectivity index (χ4n) is 3.29. The molecule has 0 fully saturated rings. The molecule has 1 heterocycles. The summed E-state index contributed by atoms with van der Waals surface area (Å²) in [6, 6.07) is 6.18. The smallest absolute Gasteiger partial charge is 0.306 e. The van der Waals surface area contributed by atoms with Gasteiger partial charge in [0.25, 0.3) is 0 Å². The van der Waals surface area contributed by atoms with Crippen molar-refractivity contribution in [3.63, 3.8) is 0 Å². The van der Waals surface area contributed by atoms with E-state index in [0.717, 1.165) is 36.1 Å². The van der Waals surface area contributed by atoms with Gasteiger partial charge in [0.05, 0.1) is 11.4 Å². The van der Waals surface area contributed by atoms with Gasteiger partial charge in [-0.05, 0) is 70.2 Å². The van der Waals surface area contributed by atoms with Crippen LogP contribution in [0.25, 0.3) is 17.3 Å². The number of hydrogen-bond acceptors (Lipinski definition) is 5. The third-order valence-electron chi connectivity index (χ3n) is 5.00. The number of hydrogen-bond donors (Lipinski definition) is 0. The van der Waals surface area contributed by atoms with Gasteiger partial charge in [0, 0.05) is 30.9 Å². The van der Waals surface area contributed by atoms with Crippen molar-refractivity contribution in [2.24, 2.45) is 0 Å². The van der Waals surface area contributed by atoms with Crippen LogP contribution in [0.3, 0.4) is 0 Å². The number of rotatable bonds is 10. The number of nitrogens with zero attached hydrogens (tertiary/aromatic N) is 3. The SMILES string of the molecule is CC(C)c1nc(N(C)S(C)=O)nc(-c2ccc(F)cc2)c1/C=C/CCCCC(=O)OC(C)(C)C. The quantitative estimate of drug-likeness (QED) is 0.300. The predicted molar refractivity (Wildman–Crippen MR) is 137 cm³/mol. The fourth-order valence-corrected chi connectivity index (χ4v) is 3.60. The Kier molecular flexibility index (Phi) is 9.91. The Labute approximate surface area is 205 Å². The van der Waals surface area contributed by atoms with Gasteiger partial charge in [0.2, 0.25) is 5.95 Å². The number of unbranched alkanes of at least 4 members (excludes halogenated alkanes) is 2. The first-order chi connectivity index (χ1) is 15.9. The molecule has 0 spiro atoms. The Bertz CT molecular complexity index is 1030. The molecule has 1 unspecified atom stereocenters. The van der Waals surface area contributed by atoms with Crippen molar-refractivity contribution >= 4 is 29.0 Å². The van der Waals surface area contributed by atoms with E-state index in [1.54, 1.807) is 25.4 Å². The number of carbonyl (C=O) groups is 1. The van der Waals surface area contributed by atoms with E-state index in [4.69, 9.17) is 14.7 Å². The zero-order valence-corrected chi connectivity index (χ0v) is 22.0. The molecule has 0 saturated carbocycles. The first-order valence-corrected chi connectivity index (χ1v) is 13.0. The molecule has 0 aliphatic heterocycles. The maximum absolute atomic E-state index is 13.6. The third kappa shape index (κ3) is 8.31. The summed E-state index contributed by atoms with van der Waals surface area (Å²) in [5.74, 6) is -0.0561. The summed E-state index contributed by atoms with van der Waals surface area (Å²) in [5, 5.41) is 0. The lowest BCUT2D eigenvalue weighted by molar-refractivity contribution is -0.154. The van der Waals surface area contributed by atoms with Crippen LogP contribution in [0.15, 0.2) is 30.3 Å². The van der Waals surface area contributed by atoms with Crippen LogP contribution in [0.5, 0.6) is 0 Å². The molecule has 0 radical (unpaired) electrons. The van der Waals surface area contributed by atoms with Crippen LogP contribution in [0.1, 0.15) is 77.5 Å². The van der Waals surface area contributed by atoms with Crippen LogP contribution >= 0.6 is 0 Å². The van der Waals surface area contributed by atoms with E-state index in [9.17, 15) is 13.4 Å². The summed E-state index contributed by atoms with van der Waals surface area (Å²) >= 11 is 0. The number of aromatic nitrogens is 2. The third-order valence-corrected chi connectivity index (χ3v) is 5.94. The second kappa shape index (κ2) is 12.2. The Balaban J connectivity index is 2.29.